The molecule has 0 saturated carbocycles. The number of nitrogens with zero attached hydrogens (tertiary/aromatic N) is 1. The number of H-pyrrole nitrogens is 1. The second kappa shape index (κ2) is 6.64. The maximum absolute atomic E-state index is 12.7. The van der Waals surface area contributed by atoms with Crippen molar-refractivity contribution in [2.75, 3.05) is 4.72 Å². The summed E-state index contributed by atoms with van der Waals surface area (Å²) in [7, 11) is -3.75. The van der Waals surface area contributed by atoms with Gasteiger partial charge in [0.25, 0.3) is 15.6 Å². The molecule has 0 spiro atoms. The van der Waals surface area contributed by atoms with Crippen LogP contribution in [0.3, 0.4) is 0 Å². The van der Waals surface area contributed by atoms with Crippen LogP contribution in [-0.4, -0.2) is 18.4 Å². The highest BCUT2D eigenvalue weighted by atomic mass is 32.2. The van der Waals surface area contributed by atoms with Crippen molar-refractivity contribution in [3.8, 4) is 10.6 Å². The first-order chi connectivity index (χ1) is 12.9. The van der Waals surface area contributed by atoms with Crippen LogP contribution in [0.4, 0.5) is 5.69 Å². The molecule has 8 heteroatoms. The molecule has 27 heavy (non-hydrogen) atoms. The number of anilines is 1. The van der Waals surface area contributed by atoms with Crippen molar-refractivity contribution in [1.29, 1.82) is 0 Å². The maximum Gasteiger partial charge on any atom is 0.261 e. The molecule has 0 saturated heterocycles. The predicted molar refractivity (Wildman–Crippen MR) is 108 cm³/mol. The van der Waals surface area contributed by atoms with E-state index in [2.05, 4.69) is 14.7 Å². The summed E-state index contributed by atoms with van der Waals surface area (Å²) in [4.78, 5) is 18.8. The molecule has 136 valence electrons. The Balaban J connectivity index is 1.64. The largest absolute Gasteiger partial charge is 0.322 e. The number of pyridine rings is 1. The Kier molecular flexibility index (Phi) is 4.29. The van der Waals surface area contributed by atoms with Crippen LogP contribution in [0.1, 0.15) is 5.56 Å². The van der Waals surface area contributed by atoms with E-state index >= 15 is 0 Å². The number of benzene rings is 2. The van der Waals surface area contributed by atoms with E-state index in [0.29, 0.717) is 22.2 Å². The topological polar surface area (TPSA) is 91.9 Å². The third kappa shape index (κ3) is 3.49. The van der Waals surface area contributed by atoms with Crippen molar-refractivity contribution in [3.05, 3.63) is 76.0 Å². The number of sulfonamides is 1. The van der Waals surface area contributed by atoms with E-state index in [-0.39, 0.29) is 10.5 Å². The van der Waals surface area contributed by atoms with Gasteiger partial charge in [0.1, 0.15) is 5.01 Å². The molecule has 0 aliphatic carbocycles. The van der Waals surface area contributed by atoms with E-state index < -0.39 is 10.0 Å². The second-order valence-electron chi connectivity index (χ2n) is 6.05. The fourth-order valence-corrected chi connectivity index (χ4v) is 4.46. The first-order valence-corrected chi connectivity index (χ1v) is 10.5. The van der Waals surface area contributed by atoms with Gasteiger partial charge in [-0.15, -0.1) is 11.3 Å². The van der Waals surface area contributed by atoms with Crippen LogP contribution >= 0.6 is 11.3 Å². The molecule has 6 nitrogen and oxygen atoms in total. The summed E-state index contributed by atoms with van der Waals surface area (Å²) in [6.07, 6.45) is 1.73. The minimum absolute atomic E-state index is 0.130. The monoisotopic (exact) mass is 397 g/mol. The molecule has 2 N–H and O–H groups in total. The highest BCUT2D eigenvalue weighted by Crippen LogP contribution is 2.25. The first-order valence-electron chi connectivity index (χ1n) is 8.09. The van der Waals surface area contributed by atoms with Gasteiger partial charge >= 0.3 is 0 Å². The van der Waals surface area contributed by atoms with Crippen molar-refractivity contribution in [2.24, 2.45) is 0 Å². The third-order valence-corrected chi connectivity index (χ3v) is 6.33. The molecule has 0 fully saturated rings. The molecular weight excluding hydrogens is 382 g/mol. The Labute approximate surface area is 159 Å². The van der Waals surface area contributed by atoms with Crippen LogP contribution in [0.25, 0.3) is 21.5 Å². The van der Waals surface area contributed by atoms with Gasteiger partial charge in [0.05, 0.1) is 4.90 Å². The molecule has 2 aromatic carbocycles. The number of hydrogen-bond acceptors (Lipinski definition) is 5. The minimum atomic E-state index is -3.75. The van der Waals surface area contributed by atoms with Gasteiger partial charge in [0.15, 0.2) is 0 Å². The minimum Gasteiger partial charge on any atom is -0.322 e. The van der Waals surface area contributed by atoms with Gasteiger partial charge < -0.3 is 4.98 Å². The molecule has 4 rings (SSSR count). The van der Waals surface area contributed by atoms with Crippen molar-refractivity contribution in [3.63, 3.8) is 0 Å². The average Bonchev–Trinajstić information content (AvgIpc) is 3.17. The van der Waals surface area contributed by atoms with Gasteiger partial charge in [-0.2, -0.15) is 0 Å². The zero-order valence-corrected chi connectivity index (χ0v) is 15.9. The molecular formula is C19H15N3O3S2. The first kappa shape index (κ1) is 17.4. The smallest absolute Gasteiger partial charge is 0.261 e. The summed E-state index contributed by atoms with van der Waals surface area (Å²) in [6.45, 7) is 1.68. The summed E-state index contributed by atoms with van der Waals surface area (Å²) in [6, 6.07) is 13.3. The lowest BCUT2D eigenvalue weighted by atomic mass is 10.2. The Morgan fingerprint density at radius 1 is 1.07 bits per heavy atom. The Bertz CT molecular complexity index is 1280. The number of aryl methyl sites for hydroxylation is 1. The average molecular weight is 397 g/mol. The number of hydrogen-bond donors (Lipinski definition) is 2. The molecule has 0 amide bonds. The fraction of sp³-hybridized carbons (Fsp3) is 0.0526. The Hall–Kier alpha value is -2.97. The number of thiazole rings is 1. The van der Waals surface area contributed by atoms with Gasteiger partial charge in [0, 0.05) is 33.9 Å². The molecule has 0 aliphatic heterocycles. The summed E-state index contributed by atoms with van der Waals surface area (Å²) in [5.74, 6) is 0. The van der Waals surface area contributed by atoms with Crippen LogP contribution in [0.5, 0.6) is 0 Å². The number of nitrogens with one attached hydrogen (secondary N) is 2. The van der Waals surface area contributed by atoms with E-state index in [1.807, 2.05) is 17.5 Å². The van der Waals surface area contributed by atoms with E-state index in [1.54, 1.807) is 43.5 Å². The highest BCUT2D eigenvalue weighted by Gasteiger charge is 2.15. The normalized spacial score (nSPS) is 11.6. The molecule has 0 radical (unpaired) electrons. The molecule has 0 unspecified atom stereocenters. The molecule has 0 atom stereocenters. The van der Waals surface area contributed by atoms with E-state index in [4.69, 9.17) is 0 Å². The number of fused-ring (bicyclic) bond motifs is 1. The van der Waals surface area contributed by atoms with E-state index in [0.717, 1.165) is 10.6 Å². The molecule has 2 heterocycles. The standard InChI is InChI=1S/C19H15N3O3S2/c1-12-10-14-11-16(6-7-17(14)21-18(12)23)27(24,25)22-15-4-2-13(3-5-15)19-20-8-9-26-19/h2-11,22H,1H3,(H,21,23). The van der Waals surface area contributed by atoms with Crippen LogP contribution in [0.15, 0.2) is 69.8 Å². The lowest BCUT2D eigenvalue weighted by Crippen LogP contribution is -2.13. The maximum atomic E-state index is 12.7. The van der Waals surface area contributed by atoms with Crippen LogP contribution in [0.2, 0.25) is 0 Å². The van der Waals surface area contributed by atoms with Crippen LogP contribution in [0, 0.1) is 6.92 Å². The summed E-state index contributed by atoms with van der Waals surface area (Å²) >= 11 is 1.52. The lowest BCUT2D eigenvalue weighted by Gasteiger charge is -2.09. The SMILES string of the molecule is Cc1cc2cc(S(=O)(=O)Nc3ccc(-c4nccs4)cc3)ccc2[nH]c1=O. The Morgan fingerprint density at radius 3 is 2.56 bits per heavy atom. The highest BCUT2D eigenvalue weighted by molar-refractivity contribution is 7.92. The third-order valence-electron chi connectivity index (χ3n) is 4.13. The van der Waals surface area contributed by atoms with Gasteiger partial charge in [-0.05, 0) is 60.8 Å². The molecule has 2 aromatic heterocycles. The van der Waals surface area contributed by atoms with Gasteiger partial charge in [-0.25, -0.2) is 13.4 Å². The molecule has 0 aliphatic rings. The quantitative estimate of drug-likeness (QED) is 0.548. The summed E-state index contributed by atoms with van der Waals surface area (Å²) in [5.41, 5.74) is 2.34. The van der Waals surface area contributed by atoms with Gasteiger partial charge in [0.2, 0.25) is 0 Å². The zero-order valence-electron chi connectivity index (χ0n) is 14.3. The molecule has 0 bridgehead atoms. The van der Waals surface area contributed by atoms with Crippen molar-refractivity contribution < 1.29 is 8.42 Å². The zero-order chi connectivity index (χ0) is 19.0. The van der Waals surface area contributed by atoms with Crippen molar-refractivity contribution in [1.82, 2.24) is 9.97 Å². The fourth-order valence-electron chi connectivity index (χ4n) is 2.72. The number of aromatic amines is 1. The van der Waals surface area contributed by atoms with Crippen molar-refractivity contribution >= 4 is 38.0 Å². The van der Waals surface area contributed by atoms with E-state index in [1.165, 1.54) is 17.4 Å². The summed E-state index contributed by atoms with van der Waals surface area (Å²) in [5, 5.41) is 3.43. The summed E-state index contributed by atoms with van der Waals surface area (Å²) < 4.78 is 28.0. The lowest BCUT2D eigenvalue weighted by molar-refractivity contribution is 0.601. The number of rotatable bonds is 4. The Morgan fingerprint density at radius 2 is 1.85 bits per heavy atom. The molecule has 4 aromatic rings. The van der Waals surface area contributed by atoms with Crippen molar-refractivity contribution in [2.45, 2.75) is 11.8 Å². The van der Waals surface area contributed by atoms with Crippen LogP contribution in [-0.2, 0) is 10.0 Å². The van der Waals surface area contributed by atoms with E-state index in [9.17, 15) is 13.2 Å². The van der Waals surface area contributed by atoms with Gasteiger partial charge in [-0.3, -0.25) is 9.52 Å². The van der Waals surface area contributed by atoms with Crippen LogP contribution < -0.4 is 10.3 Å². The van der Waals surface area contributed by atoms with Gasteiger partial charge in [-0.1, -0.05) is 0 Å². The predicted octanol–water partition coefficient (Wildman–Crippen LogP) is 3.76. The number of aromatic nitrogens is 2. The second-order valence-corrected chi connectivity index (χ2v) is 8.63.